The lowest BCUT2D eigenvalue weighted by molar-refractivity contribution is 1.32. The van der Waals surface area contributed by atoms with E-state index in [4.69, 9.17) is 0 Å². The summed E-state index contributed by atoms with van der Waals surface area (Å²) in [4.78, 5) is 7.03. The molecule has 9 aromatic carbocycles. The van der Waals surface area contributed by atoms with E-state index in [0.717, 1.165) is 33.9 Å². The third kappa shape index (κ3) is 8.39. The Kier molecular flexibility index (Phi) is 11.5. The van der Waals surface area contributed by atoms with Crippen LogP contribution >= 0.6 is 22.7 Å². The van der Waals surface area contributed by atoms with Crippen molar-refractivity contribution < 1.29 is 0 Å². The highest BCUT2D eigenvalue weighted by molar-refractivity contribution is 7.17. The van der Waals surface area contributed by atoms with Gasteiger partial charge >= 0.3 is 0 Å². The third-order valence-corrected chi connectivity index (χ3v) is 14.0. The molecule has 0 amide bonds. The summed E-state index contributed by atoms with van der Waals surface area (Å²) in [6, 6.07) is 87.0. The number of benzene rings is 9. The Balaban J connectivity index is 1.00. The minimum Gasteiger partial charge on any atom is -0.302 e. The molecule has 0 saturated carbocycles. The molecule has 66 heavy (non-hydrogen) atoms. The summed E-state index contributed by atoms with van der Waals surface area (Å²) in [5, 5.41) is 7.26. The normalized spacial score (nSPS) is 11.5. The van der Waals surface area contributed by atoms with Crippen molar-refractivity contribution in [2.24, 2.45) is 0 Å². The second kappa shape index (κ2) is 18.6. The lowest BCUT2D eigenvalue weighted by atomic mass is 9.84. The third-order valence-electron chi connectivity index (χ3n) is 11.9. The highest BCUT2D eigenvalue weighted by Crippen LogP contribution is 2.46. The number of fused-ring (bicyclic) bond motifs is 3. The van der Waals surface area contributed by atoms with Gasteiger partial charge in [0.1, 0.15) is 10.0 Å². The van der Waals surface area contributed by atoms with Crippen LogP contribution < -0.4 is 9.80 Å². The molecule has 2 aromatic heterocycles. The van der Waals surface area contributed by atoms with Crippen LogP contribution in [0.3, 0.4) is 0 Å². The van der Waals surface area contributed by atoms with Gasteiger partial charge in [0.15, 0.2) is 0 Å². The minimum atomic E-state index is 1.14. The van der Waals surface area contributed by atoms with Gasteiger partial charge in [-0.2, -0.15) is 0 Å². The van der Waals surface area contributed by atoms with Crippen LogP contribution in [0.15, 0.2) is 243 Å². The minimum absolute atomic E-state index is 1.14. The summed E-state index contributed by atoms with van der Waals surface area (Å²) in [7, 11) is 0. The van der Waals surface area contributed by atoms with Crippen molar-refractivity contribution in [1.82, 2.24) is 0 Å². The van der Waals surface area contributed by atoms with E-state index in [1.54, 1.807) is 22.7 Å². The Labute approximate surface area is 394 Å². The van der Waals surface area contributed by atoms with Crippen LogP contribution in [-0.2, 0) is 0 Å². The Bertz CT molecular complexity index is 3140. The first-order valence-electron chi connectivity index (χ1n) is 22.2. The van der Waals surface area contributed by atoms with E-state index in [2.05, 4.69) is 277 Å². The summed E-state index contributed by atoms with van der Waals surface area (Å²) in [6.07, 6.45) is 9.02. The second-order valence-corrected chi connectivity index (χ2v) is 18.3. The van der Waals surface area contributed by atoms with Gasteiger partial charge in [-0.05, 0) is 152 Å². The van der Waals surface area contributed by atoms with Crippen LogP contribution in [0.4, 0.5) is 32.8 Å². The van der Waals surface area contributed by atoms with Crippen LogP contribution in [0, 0.1) is 0 Å². The molecule has 0 aliphatic heterocycles. The van der Waals surface area contributed by atoms with Crippen molar-refractivity contribution in [2.75, 3.05) is 9.80 Å². The van der Waals surface area contributed by atoms with E-state index >= 15 is 0 Å². The number of hydrogen-bond donors (Lipinski definition) is 0. The molecule has 4 heteroatoms. The van der Waals surface area contributed by atoms with Gasteiger partial charge in [0.25, 0.3) is 0 Å². The molecule has 0 N–H and O–H groups in total. The first-order valence-corrected chi connectivity index (χ1v) is 23.9. The predicted octanol–water partition coefficient (Wildman–Crippen LogP) is 18.7. The van der Waals surface area contributed by atoms with E-state index in [-0.39, 0.29) is 0 Å². The van der Waals surface area contributed by atoms with E-state index in [1.165, 1.54) is 63.6 Å². The van der Waals surface area contributed by atoms with Gasteiger partial charge < -0.3 is 9.80 Å². The van der Waals surface area contributed by atoms with Crippen LogP contribution in [0.1, 0.15) is 20.9 Å². The first kappa shape index (κ1) is 40.7. The molecule has 11 rings (SSSR count). The molecule has 2 nitrogen and oxygen atoms in total. The molecule has 0 aliphatic carbocycles. The zero-order chi connectivity index (χ0) is 44.1. The van der Waals surface area contributed by atoms with Crippen molar-refractivity contribution in [3.63, 3.8) is 0 Å². The molecular weight excluding hydrogens is 837 g/mol. The molecule has 11 aromatic rings. The van der Waals surface area contributed by atoms with Gasteiger partial charge in [-0.1, -0.05) is 170 Å². The van der Waals surface area contributed by atoms with Crippen molar-refractivity contribution in [2.45, 2.75) is 0 Å². The van der Waals surface area contributed by atoms with E-state index in [1.807, 2.05) is 0 Å². The smallest absolute Gasteiger partial charge is 0.100 e. The second-order valence-electron chi connectivity index (χ2n) is 16.1. The van der Waals surface area contributed by atoms with Crippen LogP contribution in [-0.4, -0.2) is 0 Å². The lowest BCUT2D eigenvalue weighted by Crippen LogP contribution is -2.07. The Morgan fingerprint density at radius 2 is 0.591 bits per heavy atom. The number of anilines is 6. The Hall–Kier alpha value is -8.02. The SMILES string of the molecule is C(=C\c1ccc(N(c2ccccc2)c2ccccc2)s1)/c1ccc2c(-c3ccccc3)c(-c3ccccc3)c3ccc(/C=C/c4ccc(N(c5ccccc5)c5ccccc5)s4)cc3c2c1. The number of thiophene rings is 2. The number of hydrogen-bond acceptors (Lipinski definition) is 4. The topological polar surface area (TPSA) is 6.48 Å². The van der Waals surface area contributed by atoms with E-state index in [9.17, 15) is 0 Å². The van der Waals surface area contributed by atoms with Crippen LogP contribution in [0.25, 0.3) is 68.1 Å². The van der Waals surface area contributed by atoms with Crippen LogP contribution in [0.5, 0.6) is 0 Å². The van der Waals surface area contributed by atoms with Gasteiger partial charge in [-0.15, -0.1) is 22.7 Å². The Morgan fingerprint density at radius 3 is 0.924 bits per heavy atom. The van der Waals surface area contributed by atoms with Crippen molar-refractivity contribution in [3.8, 4) is 22.3 Å². The fourth-order valence-corrected chi connectivity index (χ4v) is 10.8. The average Bonchev–Trinajstić information content (AvgIpc) is 4.07. The highest BCUT2D eigenvalue weighted by Gasteiger charge is 2.19. The summed E-state index contributed by atoms with van der Waals surface area (Å²) >= 11 is 3.58. The van der Waals surface area contributed by atoms with E-state index in [0.29, 0.717) is 0 Å². The van der Waals surface area contributed by atoms with Gasteiger partial charge in [0.2, 0.25) is 0 Å². The van der Waals surface area contributed by atoms with Crippen molar-refractivity contribution >= 4 is 101 Å². The summed E-state index contributed by atoms with van der Waals surface area (Å²) in [5.41, 5.74) is 11.8. The van der Waals surface area contributed by atoms with Gasteiger partial charge in [0.05, 0.1) is 0 Å². The fourth-order valence-electron chi connectivity index (χ4n) is 8.87. The van der Waals surface area contributed by atoms with Crippen molar-refractivity contribution in [3.05, 3.63) is 264 Å². The molecule has 0 bridgehead atoms. The van der Waals surface area contributed by atoms with Gasteiger partial charge in [-0.25, -0.2) is 0 Å². The fraction of sp³-hybridized carbons (Fsp3) is 0. The zero-order valence-electron chi connectivity index (χ0n) is 36.1. The highest BCUT2D eigenvalue weighted by atomic mass is 32.1. The first-order chi connectivity index (χ1) is 32.7. The number of para-hydroxylation sites is 4. The molecule has 0 radical (unpaired) electrons. The molecule has 314 valence electrons. The largest absolute Gasteiger partial charge is 0.302 e. The van der Waals surface area contributed by atoms with Crippen molar-refractivity contribution in [1.29, 1.82) is 0 Å². The molecule has 0 atom stereocenters. The number of nitrogens with zero attached hydrogens (tertiary/aromatic N) is 2. The van der Waals surface area contributed by atoms with Gasteiger partial charge in [-0.3, -0.25) is 0 Å². The number of rotatable bonds is 12. The quantitative estimate of drug-likeness (QED) is 0.113. The zero-order valence-corrected chi connectivity index (χ0v) is 37.7. The van der Waals surface area contributed by atoms with Gasteiger partial charge in [0, 0.05) is 32.5 Å². The molecule has 0 unspecified atom stereocenters. The average molecular weight is 881 g/mol. The maximum absolute atomic E-state index is 2.38. The predicted molar refractivity (Wildman–Crippen MR) is 288 cm³/mol. The lowest BCUT2D eigenvalue weighted by Gasteiger charge is -2.23. The molecule has 0 aliphatic rings. The Morgan fingerprint density at radius 1 is 0.273 bits per heavy atom. The molecule has 0 spiro atoms. The summed E-state index contributed by atoms with van der Waals surface area (Å²) in [5.74, 6) is 0. The maximum atomic E-state index is 2.38. The molecule has 2 heterocycles. The summed E-state index contributed by atoms with van der Waals surface area (Å²) in [6.45, 7) is 0. The standard InChI is InChI=1S/C62H44N2S2/c1-7-19-47(20-8-1)61-55-39-33-45(31-35-53-37-41-59(65-53)63(49-23-11-3-12-24-49)50-25-13-4-14-26-50)43-57(55)58-44-46(34-40-56(58)62(61)48-21-9-2-10-22-48)32-36-54-38-42-60(66-54)64(51-27-15-5-16-28-51)52-29-17-6-18-30-52/h1-44H/b35-31+,36-32+. The van der Waals surface area contributed by atoms with E-state index < -0.39 is 0 Å². The monoisotopic (exact) mass is 880 g/mol. The molecular formula is C62H44N2S2. The van der Waals surface area contributed by atoms with Crippen LogP contribution in [0.2, 0.25) is 0 Å². The molecule has 0 fully saturated rings. The molecule has 0 saturated heterocycles. The maximum Gasteiger partial charge on any atom is 0.100 e. The summed E-state index contributed by atoms with van der Waals surface area (Å²) < 4.78 is 0.